The van der Waals surface area contributed by atoms with Gasteiger partial charge in [-0.05, 0) is 18.8 Å². The van der Waals surface area contributed by atoms with Gasteiger partial charge in [0.05, 0.1) is 12.2 Å². The van der Waals surface area contributed by atoms with Gasteiger partial charge in [-0.2, -0.15) is 0 Å². The number of carbonyl (C=O) groups excluding carboxylic acids is 1. The smallest absolute Gasteiger partial charge is 0.303 e. The van der Waals surface area contributed by atoms with E-state index >= 15 is 0 Å². The summed E-state index contributed by atoms with van der Waals surface area (Å²) in [5.74, 6) is -1.83. The second-order valence-electron chi connectivity index (χ2n) is 5.81. The molecule has 0 saturated heterocycles. The predicted octanol–water partition coefficient (Wildman–Crippen LogP) is 1.91. The topological polar surface area (TPSA) is 94.8 Å². The average Bonchev–Trinajstić information content (AvgIpc) is 2.68. The quantitative estimate of drug-likeness (QED) is 0.446. The molecule has 21 heavy (non-hydrogen) atoms. The molecular formula is C16H26O5. The van der Waals surface area contributed by atoms with Crippen molar-refractivity contribution in [2.75, 3.05) is 0 Å². The van der Waals surface area contributed by atoms with Crippen LogP contribution in [0, 0.1) is 11.8 Å². The van der Waals surface area contributed by atoms with E-state index in [1.165, 1.54) is 0 Å². The van der Waals surface area contributed by atoms with Gasteiger partial charge in [-0.15, -0.1) is 0 Å². The van der Waals surface area contributed by atoms with Gasteiger partial charge in [0, 0.05) is 18.8 Å². The maximum atomic E-state index is 11.9. The summed E-state index contributed by atoms with van der Waals surface area (Å²) in [4.78, 5) is 22.5. The van der Waals surface area contributed by atoms with Crippen LogP contribution < -0.4 is 0 Å². The molecule has 4 atom stereocenters. The highest BCUT2D eigenvalue weighted by atomic mass is 16.4. The SMILES string of the molecule is CCCCC[C@H](O)/C=C/[C@H]1C(=O)C[C@H](O)[C@@H]1CCC(=O)O. The van der Waals surface area contributed by atoms with E-state index < -0.39 is 24.1 Å². The number of aliphatic hydroxyl groups is 2. The summed E-state index contributed by atoms with van der Waals surface area (Å²) in [5.41, 5.74) is 0. The molecule has 0 amide bonds. The van der Waals surface area contributed by atoms with Crippen LogP contribution in [0.4, 0.5) is 0 Å². The van der Waals surface area contributed by atoms with E-state index in [1.54, 1.807) is 12.2 Å². The Labute approximate surface area is 125 Å². The first-order chi connectivity index (χ1) is 9.95. The van der Waals surface area contributed by atoms with Gasteiger partial charge in [0.1, 0.15) is 5.78 Å². The molecule has 1 aliphatic rings. The van der Waals surface area contributed by atoms with Crippen molar-refractivity contribution in [2.24, 2.45) is 11.8 Å². The van der Waals surface area contributed by atoms with Crippen LogP contribution in [-0.4, -0.2) is 39.3 Å². The Morgan fingerprint density at radius 2 is 2.14 bits per heavy atom. The number of unbranched alkanes of at least 4 members (excludes halogenated alkanes) is 2. The van der Waals surface area contributed by atoms with Crippen molar-refractivity contribution in [3.63, 3.8) is 0 Å². The number of allylic oxidation sites excluding steroid dienone is 1. The van der Waals surface area contributed by atoms with Crippen LogP contribution in [0.5, 0.6) is 0 Å². The summed E-state index contributed by atoms with van der Waals surface area (Å²) in [6.07, 6.45) is 5.96. The Bertz CT molecular complexity index is 377. The van der Waals surface area contributed by atoms with Gasteiger partial charge in [0.2, 0.25) is 0 Å². The van der Waals surface area contributed by atoms with E-state index in [1.807, 2.05) is 0 Å². The second-order valence-corrected chi connectivity index (χ2v) is 5.81. The van der Waals surface area contributed by atoms with Crippen LogP contribution >= 0.6 is 0 Å². The van der Waals surface area contributed by atoms with Crippen molar-refractivity contribution in [3.05, 3.63) is 12.2 Å². The van der Waals surface area contributed by atoms with Crippen molar-refractivity contribution >= 4 is 11.8 Å². The van der Waals surface area contributed by atoms with Crippen molar-refractivity contribution in [3.8, 4) is 0 Å². The van der Waals surface area contributed by atoms with Crippen molar-refractivity contribution in [1.82, 2.24) is 0 Å². The van der Waals surface area contributed by atoms with E-state index in [-0.39, 0.29) is 31.0 Å². The molecule has 0 aliphatic heterocycles. The molecule has 0 heterocycles. The summed E-state index contributed by atoms with van der Waals surface area (Å²) in [6.45, 7) is 2.09. The highest BCUT2D eigenvalue weighted by Crippen LogP contribution is 2.34. The van der Waals surface area contributed by atoms with Crippen LogP contribution in [0.2, 0.25) is 0 Å². The van der Waals surface area contributed by atoms with Crippen molar-refractivity contribution in [1.29, 1.82) is 0 Å². The Morgan fingerprint density at radius 1 is 1.43 bits per heavy atom. The summed E-state index contributed by atoms with van der Waals surface area (Å²) in [6, 6.07) is 0. The molecule has 3 N–H and O–H groups in total. The molecule has 0 aromatic heterocycles. The zero-order valence-electron chi connectivity index (χ0n) is 12.6. The molecule has 1 saturated carbocycles. The molecule has 0 bridgehead atoms. The van der Waals surface area contributed by atoms with Crippen LogP contribution in [0.15, 0.2) is 12.2 Å². The largest absolute Gasteiger partial charge is 0.481 e. The number of carboxylic acid groups (broad SMARTS) is 1. The van der Waals surface area contributed by atoms with Crippen LogP contribution in [0.25, 0.3) is 0 Å². The molecule has 1 fully saturated rings. The summed E-state index contributed by atoms with van der Waals surface area (Å²) < 4.78 is 0. The first-order valence-corrected chi connectivity index (χ1v) is 7.74. The molecule has 5 nitrogen and oxygen atoms in total. The highest BCUT2D eigenvalue weighted by Gasteiger charge is 2.39. The normalized spacial score (nSPS) is 27.4. The zero-order chi connectivity index (χ0) is 15.8. The monoisotopic (exact) mass is 298 g/mol. The fourth-order valence-corrected chi connectivity index (χ4v) is 2.83. The molecular weight excluding hydrogens is 272 g/mol. The van der Waals surface area contributed by atoms with Gasteiger partial charge in [0.25, 0.3) is 0 Å². The Hall–Kier alpha value is -1.20. The highest BCUT2D eigenvalue weighted by molar-refractivity contribution is 5.86. The zero-order valence-corrected chi connectivity index (χ0v) is 12.6. The molecule has 0 aromatic rings. The van der Waals surface area contributed by atoms with Gasteiger partial charge < -0.3 is 15.3 Å². The predicted molar refractivity (Wildman–Crippen MR) is 78.8 cm³/mol. The van der Waals surface area contributed by atoms with E-state index in [0.717, 1.165) is 19.3 Å². The minimum Gasteiger partial charge on any atom is -0.481 e. The number of aliphatic hydroxyl groups excluding tert-OH is 2. The average molecular weight is 298 g/mol. The third kappa shape index (κ3) is 5.98. The molecule has 5 heteroatoms. The lowest BCUT2D eigenvalue weighted by atomic mass is 9.89. The lowest BCUT2D eigenvalue weighted by molar-refractivity contribution is -0.137. The number of carbonyl (C=O) groups is 2. The molecule has 1 rings (SSSR count). The summed E-state index contributed by atoms with van der Waals surface area (Å²) in [7, 11) is 0. The minimum atomic E-state index is -0.927. The lowest BCUT2D eigenvalue weighted by Gasteiger charge is -2.17. The van der Waals surface area contributed by atoms with Crippen LogP contribution in [-0.2, 0) is 9.59 Å². The Kier molecular flexibility index (Phi) is 7.61. The maximum absolute atomic E-state index is 11.9. The third-order valence-electron chi connectivity index (χ3n) is 4.07. The fourth-order valence-electron chi connectivity index (χ4n) is 2.83. The maximum Gasteiger partial charge on any atom is 0.303 e. The van der Waals surface area contributed by atoms with Gasteiger partial charge in [-0.1, -0.05) is 38.3 Å². The number of rotatable bonds is 9. The second kappa shape index (κ2) is 8.95. The molecule has 120 valence electrons. The first-order valence-electron chi connectivity index (χ1n) is 7.74. The third-order valence-corrected chi connectivity index (χ3v) is 4.07. The Balaban J connectivity index is 2.55. The molecule has 0 aromatic carbocycles. The number of Topliss-reactive ketones (excluding diaryl/α,β-unsaturated/α-hetero) is 1. The number of ketones is 1. The van der Waals surface area contributed by atoms with E-state index in [4.69, 9.17) is 5.11 Å². The van der Waals surface area contributed by atoms with Gasteiger partial charge in [-0.3, -0.25) is 9.59 Å². The van der Waals surface area contributed by atoms with E-state index in [9.17, 15) is 19.8 Å². The number of hydrogen-bond acceptors (Lipinski definition) is 4. The van der Waals surface area contributed by atoms with E-state index in [0.29, 0.717) is 6.42 Å². The first kappa shape index (κ1) is 17.9. The van der Waals surface area contributed by atoms with Crippen LogP contribution in [0.1, 0.15) is 51.9 Å². The van der Waals surface area contributed by atoms with Gasteiger partial charge >= 0.3 is 5.97 Å². The number of carboxylic acids is 1. The standard InChI is InChI=1S/C16H26O5/c1-2-3-4-5-11(17)6-7-12-13(8-9-16(20)21)15(19)10-14(12)18/h6-7,11-13,15,17,19H,2-5,8-10H2,1H3,(H,20,21)/b7-6+/t11-,12+,13+,15-/m0/s1. The number of hydrogen-bond donors (Lipinski definition) is 3. The van der Waals surface area contributed by atoms with Crippen LogP contribution in [0.3, 0.4) is 0 Å². The van der Waals surface area contributed by atoms with Gasteiger partial charge in [-0.25, -0.2) is 0 Å². The lowest BCUT2D eigenvalue weighted by Crippen LogP contribution is -2.20. The number of aliphatic carboxylic acids is 1. The minimum absolute atomic E-state index is 0.0571. The van der Waals surface area contributed by atoms with Crippen molar-refractivity contribution in [2.45, 2.75) is 64.1 Å². The summed E-state index contributed by atoms with van der Waals surface area (Å²) >= 11 is 0. The Morgan fingerprint density at radius 3 is 2.76 bits per heavy atom. The molecule has 0 spiro atoms. The summed E-state index contributed by atoms with van der Waals surface area (Å²) in [5, 5.41) is 28.4. The van der Waals surface area contributed by atoms with E-state index in [2.05, 4.69) is 6.92 Å². The molecule has 0 radical (unpaired) electrons. The molecule has 0 unspecified atom stereocenters. The van der Waals surface area contributed by atoms with Gasteiger partial charge in [0.15, 0.2) is 0 Å². The van der Waals surface area contributed by atoms with Crippen molar-refractivity contribution < 1.29 is 24.9 Å². The fraction of sp³-hybridized carbons (Fsp3) is 0.750. The molecule has 1 aliphatic carbocycles.